The lowest BCUT2D eigenvalue weighted by atomic mass is 10.1. The van der Waals surface area contributed by atoms with Crippen LogP contribution in [-0.4, -0.2) is 17.4 Å². The van der Waals surface area contributed by atoms with Crippen molar-refractivity contribution in [2.24, 2.45) is 0 Å². The molecule has 0 saturated carbocycles. The van der Waals surface area contributed by atoms with Crippen LogP contribution in [0.3, 0.4) is 0 Å². The zero-order valence-electron chi connectivity index (χ0n) is 11.1. The minimum absolute atomic E-state index is 0.0115. The first kappa shape index (κ1) is 15.0. The fraction of sp³-hybridized carbons (Fsp3) is 0.133. The highest BCUT2D eigenvalue weighted by atomic mass is 35.5. The van der Waals surface area contributed by atoms with E-state index >= 15 is 0 Å². The Labute approximate surface area is 126 Å². The molecule has 1 amide bonds. The van der Waals surface area contributed by atoms with E-state index in [1.165, 1.54) is 18.2 Å². The molecule has 21 heavy (non-hydrogen) atoms. The zero-order valence-corrected chi connectivity index (χ0v) is 11.8. The number of halogens is 1. The third kappa shape index (κ3) is 4.03. The first-order chi connectivity index (χ1) is 10.1. The molecule has 0 bridgehead atoms. The minimum atomic E-state index is -0.613. The highest BCUT2D eigenvalue weighted by Gasteiger charge is 2.20. The maximum Gasteiger partial charge on any atom is 0.283 e. The van der Waals surface area contributed by atoms with Gasteiger partial charge < -0.3 is 5.32 Å². The third-order valence-electron chi connectivity index (χ3n) is 2.94. The topological polar surface area (TPSA) is 72.2 Å². The van der Waals surface area contributed by atoms with Crippen LogP contribution in [0.2, 0.25) is 5.02 Å². The molecule has 0 aliphatic carbocycles. The molecule has 0 aliphatic rings. The number of carbonyl (C=O) groups excluding carboxylic acids is 1. The van der Waals surface area contributed by atoms with Gasteiger partial charge in [-0.25, -0.2) is 0 Å². The predicted octanol–water partition coefficient (Wildman–Crippen LogP) is 3.22. The van der Waals surface area contributed by atoms with Gasteiger partial charge in [0.05, 0.1) is 4.92 Å². The van der Waals surface area contributed by atoms with Gasteiger partial charge in [-0.3, -0.25) is 14.9 Å². The fourth-order valence-corrected chi connectivity index (χ4v) is 2.07. The lowest BCUT2D eigenvalue weighted by Gasteiger charge is -2.06. The van der Waals surface area contributed by atoms with E-state index in [0.717, 1.165) is 5.56 Å². The van der Waals surface area contributed by atoms with Crippen molar-refractivity contribution in [1.29, 1.82) is 0 Å². The summed E-state index contributed by atoms with van der Waals surface area (Å²) in [6.45, 7) is 0.405. The lowest BCUT2D eigenvalue weighted by molar-refractivity contribution is -0.385. The monoisotopic (exact) mass is 304 g/mol. The van der Waals surface area contributed by atoms with Gasteiger partial charge in [0.25, 0.3) is 11.6 Å². The van der Waals surface area contributed by atoms with E-state index in [0.29, 0.717) is 13.0 Å². The number of nitro groups is 1. The Balaban J connectivity index is 2.02. The molecule has 108 valence electrons. The highest BCUT2D eigenvalue weighted by molar-refractivity contribution is 6.31. The Morgan fingerprint density at radius 1 is 1.19 bits per heavy atom. The van der Waals surface area contributed by atoms with Crippen molar-refractivity contribution in [3.8, 4) is 0 Å². The largest absolute Gasteiger partial charge is 0.351 e. The van der Waals surface area contributed by atoms with Crippen LogP contribution in [0.5, 0.6) is 0 Å². The van der Waals surface area contributed by atoms with Crippen molar-refractivity contribution in [1.82, 2.24) is 5.32 Å². The summed E-state index contributed by atoms with van der Waals surface area (Å²) in [5.74, 6) is -0.478. The van der Waals surface area contributed by atoms with Crippen molar-refractivity contribution in [2.45, 2.75) is 6.42 Å². The zero-order chi connectivity index (χ0) is 15.2. The molecule has 5 nitrogen and oxygen atoms in total. The van der Waals surface area contributed by atoms with Crippen LogP contribution >= 0.6 is 11.6 Å². The molecule has 2 aromatic rings. The Hall–Kier alpha value is -2.40. The normalized spacial score (nSPS) is 10.1. The van der Waals surface area contributed by atoms with E-state index < -0.39 is 10.8 Å². The Morgan fingerprint density at radius 2 is 1.90 bits per heavy atom. The number of hydrogen-bond donors (Lipinski definition) is 1. The second-order valence-corrected chi connectivity index (χ2v) is 4.85. The Bertz CT molecular complexity index is 659. The molecule has 0 heterocycles. The van der Waals surface area contributed by atoms with Crippen LogP contribution in [0.15, 0.2) is 48.5 Å². The summed E-state index contributed by atoms with van der Waals surface area (Å²) >= 11 is 5.71. The van der Waals surface area contributed by atoms with Gasteiger partial charge >= 0.3 is 0 Å². The van der Waals surface area contributed by atoms with Crippen LogP contribution in [0, 0.1) is 10.1 Å². The van der Waals surface area contributed by atoms with Gasteiger partial charge in [-0.05, 0) is 24.1 Å². The average molecular weight is 305 g/mol. The molecule has 0 aromatic heterocycles. The van der Waals surface area contributed by atoms with E-state index in [2.05, 4.69) is 5.32 Å². The van der Waals surface area contributed by atoms with Crippen molar-refractivity contribution in [2.75, 3.05) is 6.54 Å². The van der Waals surface area contributed by atoms with Gasteiger partial charge in [-0.15, -0.1) is 0 Å². The van der Waals surface area contributed by atoms with Crippen LogP contribution in [0.1, 0.15) is 15.9 Å². The summed E-state index contributed by atoms with van der Waals surface area (Å²) in [6.07, 6.45) is 0.661. The standard InChI is InChI=1S/C15H13ClN2O3/c16-12-6-7-13(14(10-12)18(20)21)15(19)17-9-8-11-4-2-1-3-5-11/h1-7,10H,8-9H2,(H,17,19). The van der Waals surface area contributed by atoms with E-state index in [9.17, 15) is 14.9 Å². The first-order valence-corrected chi connectivity index (χ1v) is 6.72. The molecule has 1 N–H and O–H groups in total. The van der Waals surface area contributed by atoms with Crippen LogP contribution in [0.4, 0.5) is 5.69 Å². The van der Waals surface area contributed by atoms with E-state index in [-0.39, 0.29) is 16.3 Å². The second-order valence-electron chi connectivity index (χ2n) is 4.41. The number of amides is 1. The molecular formula is C15H13ClN2O3. The number of nitrogens with zero attached hydrogens (tertiary/aromatic N) is 1. The van der Waals surface area contributed by atoms with Gasteiger partial charge in [0, 0.05) is 17.6 Å². The molecule has 0 radical (unpaired) electrons. The molecule has 0 aliphatic heterocycles. The molecular weight excluding hydrogens is 292 g/mol. The number of benzene rings is 2. The summed E-state index contributed by atoms with van der Waals surface area (Å²) in [7, 11) is 0. The first-order valence-electron chi connectivity index (χ1n) is 6.34. The van der Waals surface area contributed by atoms with Crippen LogP contribution < -0.4 is 5.32 Å². The SMILES string of the molecule is O=C(NCCc1ccccc1)c1ccc(Cl)cc1[N+](=O)[O-]. The van der Waals surface area contributed by atoms with Gasteiger partial charge in [-0.1, -0.05) is 41.9 Å². The molecule has 0 atom stereocenters. The van der Waals surface area contributed by atoms with Gasteiger partial charge in [0.15, 0.2) is 0 Å². The number of nitrogens with one attached hydrogen (secondary N) is 1. The maximum atomic E-state index is 12.0. The van der Waals surface area contributed by atoms with Crippen molar-refractivity contribution < 1.29 is 9.72 Å². The third-order valence-corrected chi connectivity index (χ3v) is 3.18. The molecule has 0 spiro atoms. The van der Waals surface area contributed by atoms with Crippen molar-refractivity contribution in [3.63, 3.8) is 0 Å². The van der Waals surface area contributed by atoms with E-state index in [4.69, 9.17) is 11.6 Å². The van der Waals surface area contributed by atoms with Crippen LogP contribution in [-0.2, 0) is 6.42 Å². The quantitative estimate of drug-likeness (QED) is 0.681. The smallest absolute Gasteiger partial charge is 0.283 e. The summed E-state index contributed by atoms with van der Waals surface area (Å²) in [4.78, 5) is 22.3. The van der Waals surface area contributed by atoms with E-state index in [1.54, 1.807) is 0 Å². The lowest BCUT2D eigenvalue weighted by Crippen LogP contribution is -2.26. The minimum Gasteiger partial charge on any atom is -0.351 e. The summed E-state index contributed by atoms with van der Waals surface area (Å²) in [5.41, 5.74) is 0.806. The molecule has 2 rings (SSSR count). The second kappa shape index (κ2) is 6.85. The molecule has 6 heteroatoms. The Kier molecular flexibility index (Phi) is 4.90. The predicted molar refractivity (Wildman–Crippen MR) is 80.6 cm³/mol. The van der Waals surface area contributed by atoms with Crippen molar-refractivity contribution in [3.05, 3.63) is 74.8 Å². The van der Waals surface area contributed by atoms with Crippen LogP contribution in [0.25, 0.3) is 0 Å². The highest BCUT2D eigenvalue weighted by Crippen LogP contribution is 2.23. The molecule has 2 aromatic carbocycles. The fourth-order valence-electron chi connectivity index (χ4n) is 1.91. The average Bonchev–Trinajstić information content (AvgIpc) is 2.48. The summed E-state index contributed by atoms with van der Waals surface area (Å²) < 4.78 is 0. The van der Waals surface area contributed by atoms with E-state index in [1.807, 2.05) is 30.3 Å². The van der Waals surface area contributed by atoms with Crippen molar-refractivity contribution >= 4 is 23.2 Å². The summed E-state index contributed by atoms with van der Waals surface area (Å²) in [5, 5.41) is 13.8. The van der Waals surface area contributed by atoms with Gasteiger partial charge in [-0.2, -0.15) is 0 Å². The molecule has 0 saturated heterocycles. The number of rotatable bonds is 5. The molecule has 0 unspecified atom stereocenters. The number of nitro benzene ring substituents is 1. The van der Waals surface area contributed by atoms with Gasteiger partial charge in [0.2, 0.25) is 0 Å². The summed E-state index contributed by atoms with van der Waals surface area (Å²) in [6, 6.07) is 13.7. The molecule has 0 fully saturated rings. The maximum absolute atomic E-state index is 12.0. The Morgan fingerprint density at radius 3 is 2.57 bits per heavy atom. The number of carbonyl (C=O) groups is 1. The van der Waals surface area contributed by atoms with Gasteiger partial charge in [0.1, 0.15) is 5.56 Å². The number of hydrogen-bond acceptors (Lipinski definition) is 3.